The van der Waals surface area contributed by atoms with Gasteiger partial charge in [0.15, 0.2) is 0 Å². The number of ether oxygens (including phenoxy) is 1. The zero-order valence-electron chi connectivity index (χ0n) is 12.4. The van der Waals surface area contributed by atoms with Gasteiger partial charge in [0.25, 0.3) is 0 Å². The zero-order chi connectivity index (χ0) is 14.8. The highest BCUT2D eigenvalue weighted by Gasteiger charge is 2.17. The number of fused-ring (bicyclic) bond motifs is 1. The number of hydrogen-bond donors (Lipinski definition) is 1. The van der Waals surface area contributed by atoms with Crippen molar-refractivity contribution in [3.63, 3.8) is 0 Å². The van der Waals surface area contributed by atoms with Crippen LogP contribution in [0.5, 0.6) is 5.75 Å². The molecule has 1 aromatic heterocycles. The van der Waals surface area contributed by atoms with Crippen molar-refractivity contribution < 1.29 is 9.13 Å². The minimum absolute atomic E-state index is 0.194. The first-order valence-electron chi connectivity index (χ1n) is 7.39. The predicted molar refractivity (Wildman–Crippen MR) is 86.0 cm³/mol. The van der Waals surface area contributed by atoms with E-state index in [1.165, 1.54) is 53.1 Å². The minimum Gasteiger partial charge on any atom is -0.494 e. The van der Waals surface area contributed by atoms with E-state index in [9.17, 15) is 4.39 Å². The van der Waals surface area contributed by atoms with Crippen LogP contribution in [0.1, 0.15) is 41.1 Å². The Morgan fingerprint density at radius 3 is 2.81 bits per heavy atom. The number of rotatable bonds is 4. The summed E-state index contributed by atoms with van der Waals surface area (Å²) in [6.45, 7) is 2.14. The molecule has 0 amide bonds. The standard InChI is InChI=1S/C17H20FNOS/c1-11(17-9-12-5-3-4-6-16(12)21-17)19-14-8-7-13(18)10-15(14)20-2/h7-11,19H,3-6H2,1-2H3. The van der Waals surface area contributed by atoms with E-state index in [1.54, 1.807) is 13.2 Å². The molecule has 1 heterocycles. The van der Waals surface area contributed by atoms with Crippen LogP contribution in [0.4, 0.5) is 10.1 Å². The van der Waals surface area contributed by atoms with Crippen molar-refractivity contribution in [2.24, 2.45) is 0 Å². The molecule has 1 aliphatic rings. The van der Waals surface area contributed by atoms with Crippen LogP contribution in [0.3, 0.4) is 0 Å². The largest absolute Gasteiger partial charge is 0.494 e. The molecule has 1 atom stereocenters. The lowest BCUT2D eigenvalue weighted by molar-refractivity contribution is 0.412. The number of anilines is 1. The van der Waals surface area contributed by atoms with Crippen molar-refractivity contribution in [1.29, 1.82) is 0 Å². The van der Waals surface area contributed by atoms with Crippen LogP contribution >= 0.6 is 11.3 Å². The monoisotopic (exact) mass is 305 g/mol. The number of thiophene rings is 1. The highest BCUT2D eigenvalue weighted by atomic mass is 32.1. The van der Waals surface area contributed by atoms with E-state index >= 15 is 0 Å². The van der Waals surface area contributed by atoms with Crippen molar-refractivity contribution in [3.05, 3.63) is 45.4 Å². The summed E-state index contributed by atoms with van der Waals surface area (Å²) in [6, 6.07) is 7.12. The molecule has 0 aliphatic heterocycles. The molecule has 1 aliphatic carbocycles. The molecule has 1 unspecified atom stereocenters. The SMILES string of the molecule is COc1cc(F)ccc1NC(C)c1cc2c(s1)CCCC2. The maximum atomic E-state index is 13.2. The second kappa shape index (κ2) is 6.06. The van der Waals surface area contributed by atoms with Crippen LogP contribution in [0.25, 0.3) is 0 Å². The summed E-state index contributed by atoms with van der Waals surface area (Å²) in [4.78, 5) is 2.88. The molecular formula is C17H20FNOS. The molecule has 0 spiro atoms. The molecule has 0 radical (unpaired) electrons. The second-order valence-corrected chi connectivity index (χ2v) is 6.68. The van der Waals surface area contributed by atoms with Crippen molar-refractivity contribution >= 4 is 17.0 Å². The number of hydrogen-bond acceptors (Lipinski definition) is 3. The Balaban J connectivity index is 1.80. The van der Waals surface area contributed by atoms with Gasteiger partial charge in [0.05, 0.1) is 18.8 Å². The second-order valence-electron chi connectivity index (χ2n) is 5.51. The number of aryl methyl sites for hydroxylation is 2. The lowest BCUT2D eigenvalue weighted by Crippen LogP contribution is -2.06. The summed E-state index contributed by atoms with van der Waals surface area (Å²) < 4.78 is 18.5. The Bertz CT molecular complexity index is 614. The molecule has 21 heavy (non-hydrogen) atoms. The van der Waals surface area contributed by atoms with Crippen LogP contribution in [0.2, 0.25) is 0 Å². The lowest BCUT2D eigenvalue weighted by Gasteiger charge is -2.16. The van der Waals surface area contributed by atoms with Crippen LogP contribution < -0.4 is 10.1 Å². The van der Waals surface area contributed by atoms with E-state index < -0.39 is 0 Å². The van der Waals surface area contributed by atoms with Crippen molar-refractivity contribution in [3.8, 4) is 5.75 Å². The van der Waals surface area contributed by atoms with Crippen LogP contribution in [-0.4, -0.2) is 7.11 Å². The summed E-state index contributed by atoms with van der Waals surface area (Å²) in [5.74, 6) is 0.264. The third-order valence-electron chi connectivity index (χ3n) is 3.98. The molecule has 0 saturated carbocycles. The Morgan fingerprint density at radius 2 is 2.05 bits per heavy atom. The van der Waals surface area contributed by atoms with E-state index in [0.717, 1.165) is 5.69 Å². The first-order chi connectivity index (χ1) is 10.2. The van der Waals surface area contributed by atoms with Gasteiger partial charge < -0.3 is 10.1 Å². The summed E-state index contributed by atoms with van der Waals surface area (Å²) in [7, 11) is 1.56. The van der Waals surface area contributed by atoms with Gasteiger partial charge in [-0.05, 0) is 56.4 Å². The number of nitrogens with one attached hydrogen (secondary N) is 1. The van der Waals surface area contributed by atoms with E-state index in [1.807, 2.05) is 11.3 Å². The Hall–Kier alpha value is -1.55. The van der Waals surface area contributed by atoms with Gasteiger partial charge in [0, 0.05) is 15.8 Å². The van der Waals surface area contributed by atoms with Gasteiger partial charge in [0.1, 0.15) is 11.6 Å². The molecule has 1 aromatic carbocycles. The molecule has 0 saturated heterocycles. The summed E-state index contributed by atoms with van der Waals surface area (Å²) in [6.07, 6.45) is 5.03. The molecule has 112 valence electrons. The van der Waals surface area contributed by atoms with Crippen molar-refractivity contribution in [1.82, 2.24) is 0 Å². The maximum absolute atomic E-state index is 13.2. The molecule has 3 rings (SSSR count). The van der Waals surface area contributed by atoms with Gasteiger partial charge in [0.2, 0.25) is 0 Å². The van der Waals surface area contributed by atoms with Crippen LogP contribution in [0, 0.1) is 5.82 Å². The van der Waals surface area contributed by atoms with Gasteiger partial charge in [-0.15, -0.1) is 11.3 Å². The smallest absolute Gasteiger partial charge is 0.144 e. The van der Waals surface area contributed by atoms with Crippen molar-refractivity contribution in [2.45, 2.75) is 38.6 Å². The Labute approximate surface area is 129 Å². The zero-order valence-corrected chi connectivity index (χ0v) is 13.2. The lowest BCUT2D eigenvalue weighted by atomic mass is 9.99. The number of methoxy groups -OCH3 is 1. The van der Waals surface area contributed by atoms with Gasteiger partial charge in [-0.2, -0.15) is 0 Å². The molecule has 2 aromatic rings. The predicted octanol–water partition coefficient (Wildman–Crippen LogP) is 4.95. The van der Waals surface area contributed by atoms with Gasteiger partial charge in [-0.1, -0.05) is 0 Å². The first kappa shape index (κ1) is 14.4. The van der Waals surface area contributed by atoms with E-state index in [4.69, 9.17) is 4.74 Å². The molecule has 0 fully saturated rings. The molecular weight excluding hydrogens is 285 g/mol. The highest BCUT2D eigenvalue weighted by Crippen LogP contribution is 2.35. The fourth-order valence-electron chi connectivity index (χ4n) is 2.82. The quantitative estimate of drug-likeness (QED) is 0.863. The summed E-state index contributed by atoms with van der Waals surface area (Å²) >= 11 is 1.90. The highest BCUT2D eigenvalue weighted by molar-refractivity contribution is 7.12. The third-order valence-corrected chi connectivity index (χ3v) is 5.40. The molecule has 0 bridgehead atoms. The average Bonchev–Trinajstić information content (AvgIpc) is 2.93. The number of benzene rings is 1. The normalized spacial score (nSPS) is 15.4. The molecule has 4 heteroatoms. The fourth-order valence-corrected chi connectivity index (χ4v) is 4.08. The summed E-state index contributed by atoms with van der Waals surface area (Å²) in [5, 5.41) is 3.43. The van der Waals surface area contributed by atoms with Gasteiger partial charge in [-0.3, -0.25) is 0 Å². The van der Waals surface area contributed by atoms with Crippen LogP contribution in [-0.2, 0) is 12.8 Å². The average molecular weight is 305 g/mol. The number of halogens is 1. The minimum atomic E-state index is -0.281. The third kappa shape index (κ3) is 3.05. The Morgan fingerprint density at radius 1 is 1.24 bits per heavy atom. The first-order valence-corrected chi connectivity index (χ1v) is 8.20. The van der Waals surface area contributed by atoms with E-state index in [2.05, 4.69) is 18.3 Å². The van der Waals surface area contributed by atoms with Gasteiger partial charge >= 0.3 is 0 Å². The fraction of sp³-hybridized carbons (Fsp3) is 0.412. The van der Waals surface area contributed by atoms with Crippen molar-refractivity contribution in [2.75, 3.05) is 12.4 Å². The topological polar surface area (TPSA) is 21.3 Å². The summed E-state index contributed by atoms with van der Waals surface area (Å²) in [5.41, 5.74) is 2.35. The van der Waals surface area contributed by atoms with Crippen LogP contribution in [0.15, 0.2) is 24.3 Å². The van der Waals surface area contributed by atoms with E-state index in [-0.39, 0.29) is 11.9 Å². The van der Waals surface area contributed by atoms with Gasteiger partial charge in [-0.25, -0.2) is 4.39 Å². The van der Waals surface area contributed by atoms with E-state index in [0.29, 0.717) is 5.75 Å². The molecule has 1 N–H and O–H groups in total. The maximum Gasteiger partial charge on any atom is 0.144 e. The Kier molecular flexibility index (Phi) is 4.15. The molecule has 2 nitrogen and oxygen atoms in total.